The molecule has 0 saturated carbocycles. The molecule has 0 bridgehead atoms. The van der Waals surface area contributed by atoms with E-state index in [1.807, 2.05) is 13.8 Å². The Morgan fingerprint density at radius 2 is 1.56 bits per heavy atom. The largest absolute Gasteiger partial charge is 0.463 e. The van der Waals surface area contributed by atoms with Crippen LogP contribution < -0.4 is 0 Å². The third-order valence-corrected chi connectivity index (χ3v) is 6.04. The number of carbonyl (C=O) groups excluding carboxylic acids is 1. The summed E-state index contributed by atoms with van der Waals surface area (Å²) < 4.78 is 7.41. The molecule has 0 amide bonds. The Morgan fingerprint density at radius 3 is 2.16 bits per heavy atom. The molecular weight excluding hydrogens is 394 g/mol. The van der Waals surface area contributed by atoms with E-state index in [-0.39, 0.29) is 12.0 Å². The molecule has 0 atom stereocenters. The summed E-state index contributed by atoms with van der Waals surface area (Å²) in [5, 5.41) is 1.14. The first-order chi connectivity index (χ1) is 15.5. The molecule has 0 unspecified atom stereocenters. The Hall–Kier alpha value is -3.59. The molecule has 162 valence electrons. The van der Waals surface area contributed by atoms with Gasteiger partial charge in [-0.25, -0.2) is 4.79 Å². The average Bonchev–Trinajstić information content (AvgIpc) is 3.19. The lowest BCUT2D eigenvalue weighted by atomic mass is 9.92. The van der Waals surface area contributed by atoms with Gasteiger partial charge in [0.15, 0.2) is 0 Å². The van der Waals surface area contributed by atoms with Crippen molar-refractivity contribution >= 4 is 22.4 Å². The minimum absolute atomic E-state index is 0.0805. The Bertz CT molecular complexity index is 1250. The zero-order valence-corrected chi connectivity index (χ0v) is 19.1. The highest BCUT2D eigenvalue weighted by Crippen LogP contribution is 2.35. The van der Waals surface area contributed by atoms with E-state index in [4.69, 9.17) is 4.74 Å². The summed E-state index contributed by atoms with van der Waals surface area (Å²) >= 11 is 0. The fourth-order valence-corrected chi connectivity index (χ4v) is 4.33. The maximum Gasteiger partial charge on any atom is 0.331 e. The van der Waals surface area contributed by atoms with Gasteiger partial charge in [0.05, 0.1) is 12.6 Å². The first-order valence-electron chi connectivity index (χ1n) is 11.1. The van der Waals surface area contributed by atoms with Crippen LogP contribution >= 0.6 is 0 Å². The van der Waals surface area contributed by atoms with Crippen molar-refractivity contribution in [2.45, 2.75) is 33.7 Å². The lowest BCUT2D eigenvalue weighted by Gasteiger charge is -2.25. The number of esters is 1. The predicted molar refractivity (Wildman–Crippen MR) is 132 cm³/mol. The van der Waals surface area contributed by atoms with Gasteiger partial charge < -0.3 is 9.30 Å². The summed E-state index contributed by atoms with van der Waals surface area (Å²) in [6, 6.07) is 25.8. The number of nitrogens with zero attached hydrogens (tertiary/aromatic N) is 1. The highest BCUT2D eigenvalue weighted by atomic mass is 16.5. The number of aromatic nitrogens is 1. The second kappa shape index (κ2) is 9.27. The summed E-state index contributed by atoms with van der Waals surface area (Å²) in [4.78, 5) is 11.9. The second-order valence-corrected chi connectivity index (χ2v) is 8.19. The van der Waals surface area contributed by atoms with Crippen LogP contribution in [0.1, 0.15) is 47.7 Å². The lowest BCUT2D eigenvalue weighted by molar-refractivity contribution is -0.137. The number of benzene rings is 3. The van der Waals surface area contributed by atoms with Gasteiger partial charge in [-0.15, -0.1) is 0 Å². The van der Waals surface area contributed by atoms with Gasteiger partial charge in [0, 0.05) is 23.2 Å². The molecule has 0 saturated heterocycles. The maximum atomic E-state index is 11.9. The molecule has 4 rings (SSSR count). The second-order valence-electron chi connectivity index (χ2n) is 8.19. The Kier molecular flexibility index (Phi) is 6.27. The van der Waals surface area contributed by atoms with Crippen molar-refractivity contribution in [1.29, 1.82) is 0 Å². The number of carbonyl (C=O) groups is 1. The molecule has 0 fully saturated rings. The van der Waals surface area contributed by atoms with Crippen LogP contribution in [0.3, 0.4) is 0 Å². The van der Waals surface area contributed by atoms with Gasteiger partial charge in [-0.3, -0.25) is 0 Å². The van der Waals surface area contributed by atoms with E-state index >= 15 is 0 Å². The van der Waals surface area contributed by atoms with E-state index in [1.165, 1.54) is 22.3 Å². The van der Waals surface area contributed by atoms with E-state index in [0.717, 1.165) is 22.0 Å². The minimum Gasteiger partial charge on any atom is -0.463 e. The summed E-state index contributed by atoms with van der Waals surface area (Å²) in [5.74, 6) is -0.304. The number of allylic oxidation sites excluding steroid dienone is 1. The first-order valence-corrected chi connectivity index (χ1v) is 11.1. The Labute approximate surface area is 190 Å². The van der Waals surface area contributed by atoms with Crippen molar-refractivity contribution in [2.24, 2.45) is 0 Å². The topological polar surface area (TPSA) is 31.2 Å². The van der Waals surface area contributed by atoms with Crippen LogP contribution in [0.15, 0.2) is 85.1 Å². The molecule has 1 aromatic heterocycles. The maximum absolute atomic E-state index is 11.9. The zero-order valence-electron chi connectivity index (χ0n) is 19.1. The molecule has 1 heterocycles. The van der Waals surface area contributed by atoms with E-state index < -0.39 is 0 Å². The van der Waals surface area contributed by atoms with Crippen LogP contribution in [0, 0.1) is 13.8 Å². The van der Waals surface area contributed by atoms with Crippen molar-refractivity contribution in [3.8, 4) is 0 Å². The van der Waals surface area contributed by atoms with Crippen molar-refractivity contribution in [1.82, 2.24) is 4.57 Å². The van der Waals surface area contributed by atoms with Crippen LogP contribution in [0.4, 0.5) is 0 Å². The fourth-order valence-electron chi connectivity index (χ4n) is 4.33. The standard InChI is InChI=1S/C29H29NO2/c1-5-32-28(31)18-22(4)23-14-15-27-24(19-23)16-17-30(27)29(25-12-8-6-10-20(25)2)26-13-9-7-11-21(26)3/h6-19,29H,5H2,1-4H3/b22-18+. The third-order valence-electron chi connectivity index (χ3n) is 6.04. The van der Waals surface area contributed by atoms with Gasteiger partial charge in [-0.05, 0) is 79.3 Å². The number of hydrogen-bond acceptors (Lipinski definition) is 2. The molecular formula is C29H29NO2. The SMILES string of the molecule is CCOC(=O)/C=C(\C)c1ccc2c(ccn2C(c2ccccc2C)c2ccccc2C)c1. The number of aryl methyl sites for hydroxylation is 2. The number of fused-ring (bicyclic) bond motifs is 1. The molecule has 3 nitrogen and oxygen atoms in total. The lowest BCUT2D eigenvalue weighted by Crippen LogP contribution is -2.14. The normalized spacial score (nSPS) is 11.8. The van der Waals surface area contributed by atoms with Crippen molar-refractivity contribution in [3.63, 3.8) is 0 Å². The molecule has 0 aliphatic rings. The number of rotatable bonds is 6. The van der Waals surface area contributed by atoms with Crippen LogP contribution in [-0.2, 0) is 9.53 Å². The van der Waals surface area contributed by atoms with Gasteiger partial charge in [0.25, 0.3) is 0 Å². The smallest absolute Gasteiger partial charge is 0.331 e. The highest BCUT2D eigenvalue weighted by Gasteiger charge is 2.21. The van der Waals surface area contributed by atoms with E-state index in [1.54, 1.807) is 6.08 Å². The third kappa shape index (κ3) is 4.24. The monoisotopic (exact) mass is 423 g/mol. The predicted octanol–water partition coefficient (Wildman–Crippen LogP) is 6.86. The van der Waals surface area contributed by atoms with Crippen LogP contribution in [0.2, 0.25) is 0 Å². The molecule has 0 spiro atoms. The van der Waals surface area contributed by atoms with Crippen LogP contribution in [0.5, 0.6) is 0 Å². The van der Waals surface area contributed by atoms with Gasteiger partial charge in [0.2, 0.25) is 0 Å². The van der Waals surface area contributed by atoms with E-state index in [0.29, 0.717) is 6.61 Å². The number of hydrogen-bond donors (Lipinski definition) is 0. The minimum atomic E-state index is -0.304. The highest BCUT2D eigenvalue weighted by molar-refractivity contribution is 5.93. The van der Waals surface area contributed by atoms with Gasteiger partial charge >= 0.3 is 5.97 Å². The molecule has 0 aliphatic carbocycles. The quantitative estimate of drug-likeness (QED) is 0.250. The summed E-state index contributed by atoms with van der Waals surface area (Å²) in [5.41, 5.74) is 8.21. The zero-order chi connectivity index (χ0) is 22.7. The van der Waals surface area contributed by atoms with Gasteiger partial charge in [-0.1, -0.05) is 54.6 Å². The van der Waals surface area contributed by atoms with Crippen molar-refractivity contribution in [3.05, 3.63) is 113 Å². The van der Waals surface area contributed by atoms with E-state index in [2.05, 4.69) is 97.4 Å². The van der Waals surface area contributed by atoms with E-state index in [9.17, 15) is 4.79 Å². The fraction of sp³-hybridized carbons (Fsp3) is 0.207. The summed E-state index contributed by atoms with van der Waals surface area (Å²) in [7, 11) is 0. The summed E-state index contributed by atoms with van der Waals surface area (Å²) in [6.45, 7) is 8.49. The molecule has 0 N–H and O–H groups in total. The molecule has 3 aromatic carbocycles. The molecule has 32 heavy (non-hydrogen) atoms. The Morgan fingerprint density at radius 1 is 0.938 bits per heavy atom. The first kappa shape index (κ1) is 21.6. The van der Waals surface area contributed by atoms with Crippen molar-refractivity contribution < 1.29 is 9.53 Å². The Balaban J connectivity index is 1.83. The number of ether oxygens (including phenoxy) is 1. The van der Waals surface area contributed by atoms with Crippen LogP contribution in [-0.4, -0.2) is 17.1 Å². The molecule has 0 radical (unpaired) electrons. The molecule has 0 aliphatic heterocycles. The average molecular weight is 424 g/mol. The molecule has 4 aromatic rings. The van der Waals surface area contributed by atoms with Gasteiger partial charge in [-0.2, -0.15) is 0 Å². The van der Waals surface area contributed by atoms with Crippen molar-refractivity contribution in [2.75, 3.05) is 6.61 Å². The van der Waals surface area contributed by atoms with Crippen LogP contribution in [0.25, 0.3) is 16.5 Å². The van der Waals surface area contributed by atoms with Gasteiger partial charge in [0.1, 0.15) is 0 Å². The summed E-state index contributed by atoms with van der Waals surface area (Å²) in [6.07, 6.45) is 3.73. The molecule has 3 heteroatoms.